The third-order valence-corrected chi connectivity index (χ3v) is 4.23. The van der Waals surface area contributed by atoms with Gasteiger partial charge in [-0.05, 0) is 25.0 Å². The van der Waals surface area contributed by atoms with Gasteiger partial charge in [-0.3, -0.25) is 0 Å². The molecule has 1 aromatic carbocycles. The van der Waals surface area contributed by atoms with Crippen LogP contribution in [-0.4, -0.2) is 16.5 Å². The summed E-state index contributed by atoms with van der Waals surface area (Å²) in [6, 6.07) is 8.06. The normalized spacial score (nSPS) is 18.6. The van der Waals surface area contributed by atoms with Crippen LogP contribution in [0.4, 0.5) is 0 Å². The van der Waals surface area contributed by atoms with Crippen LogP contribution in [-0.2, 0) is 0 Å². The summed E-state index contributed by atoms with van der Waals surface area (Å²) in [7, 11) is 0. The van der Waals surface area contributed by atoms with Crippen molar-refractivity contribution in [2.45, 2.75) is 31.2 Å². The van der Waals surface area contributed by atoms with Gasteiger partial charge in [-0.25, -0.2) is 0 Å². The highest BCUT2D eigenvalue weighted by atomic mass is 32.1. The summed E-state index contributed by atoms with van der Waals surface area (Å²) in [4.78, 5) is 0. The minimum atomic E-state index is -0.120. The molecule has 1 saturated carbocycles. The van der Waals surface area contributed by atoms with Crippen molar-refractivity contribution in [1.29, 1.82) is 0 Å². The molecule has 0 bridgehead atoms. The molecule has 1 aromatic heterocycles. The van der Waals surface area contributed by atoms with Crippen LogP contribution >= 0.6 is 11.5 Å². The van der Waals surface area contributed by atoms with Crippen molar-refractivity contribution in [2.24, 2.45) is 5.73 Å². The first-order chi connectivity index (χ1) is 8.27. The molecule has 1 fully saturated rings. The number of aromatic nitrogens is 1. The Morgan fingerprint density at radius 2 is 2.06 bits per heavy atom. The van der Waals surface area contributed by atoms with Crippen molar-refractivity contribution in [3.05, 3.63) is 24.3 Å². The molecule has 90 valence electrons. The molecule has 0 unspecified atom stereocenters. The van der Waals surface area contributed by atoms with Gasteiger partial charge in [0.25, 0.3) is 0 Å². The van der Waals surface area contributed by atoms with Gasteiger partial charge in [0.1, 0.15) is 6.61 Å². The fourth-order valence-corrected chi connectivity index (χ4v) is 3.13. The van der Waals surface area contributed by atoms with Crippen LogP contribution in [0.5, 0.6) is 5.06 Å². The van der Waals surface area contributed by atoms with E-state index in [2.05, 4.69) is 4.37 Å². The van der Waals surface area contributed by atoms with E-state index in [4.69, 9.17) is 10.5 Å². The predicted molar refractivity (Wildman–Crippen MR) is 70.5 cm³/mol. The van der Waals surface area contributed by atoms with Crippen molar-refractivity contribution in [1.82, 2.24) is 4.37 Å². The number of rotatable bonds is 3. The molecular formula is C13H16N2OS. The Morgan fingerprint density at radius 1 is 1.29 bits per heavy atom. The zero-order chi connectivity index (χ0) is 11.7. The van der Waals surface area contributed by atoms with E-state index >= 15 is 0 Å². The van der Waals surface area contributed by atoms with Gasteiger partial charge in [-0.15, -0.1) is 0 Å². The smallest absolute Gasteiger partial charge is 0.201 e. The van der Waals surface area contributed by atoms with E-state index in [1.54, 1.807) is 0 Å². The van der Waals surface area contributed by atoms with Crippen molar-refractivity contribution >= 4 is 22.4 Å². The number of hydrogen-bond acceptors (Lipinski definition) is 4. The number of hydrogen-bond donors (Lipinski definition) is 1. The molecule has 17 heavy (non-hydrogen) atoms. The van der Waals surface area contributed by atoms with Crippen LogP contribution in [0.3, 0.4) is 0 Å². The molecule has 1 heterocycles. The summed E-state index contributed by atoms with van der Waals surface area (Å²) < 4.78 is 10.2. The minimum Gasteiger partial charge on any atom is -0.480 e. The molecular weight excluding hydrogens is 232 g/mol. The molecule has 0 atom stereocenters. The first-order valence-electron chi connectivity index (χ1n) is 6.03. The predicted octanol–water partition coefficient (Wildman–Crippen LogP) is 2.95. The summed E-state index contributed by atoms with van der Waals surface area (Å²) in [5.74, 6) is 0. The lowest BCUT2D eigenvalue weighted by atomic mass is 10.0. The molecule has 0 aliphatic heterocycles. The van der Waals surface area contributed by atoms with E-state index in [9.17, 15) is 0 Å². The van der Waals surface area contributed by atoms with Crippen molar-refractivity contribution in [3.63, 3.8) is 0 Å². The van der Waals surface area contributed by atoms with E-state index in [1.165, 1.54) is 24.4 Å². The largest absolute Gasteiger partial charge is 0.480 e. The van der Waals surface area contributed by atoms with Gasteiger partial charge in [0.15, 0.2) is 0 Å². The molecule has 3 nitrogen and oxygen atoms in total. The third kappa shape index (κ3) is 2.15. The Kier molecular flexibility index (Phi) is 2.76. The number of nitrogens with two attached hydrogens (primary N) is 1. The Hall–Kier alpha value is -1.13. The second kappa shape index (κ2) is 4.27. The van der Waals surface area contributed by atoms with Crippen LogP contribution in [0.25, 0.3) is 10.9 Å². The fraction of sp³-hybridized carbons (Fsp3) is 0.462. The second-order valence-electron chi connectivity index (χ2n) is 4.85. The average molecular weight is 248 g/mol. The van der Waals surface area contributed by atoms with Gasteiger partial charge >= 0.3 is 0 Å². The average Bonchev–Trinajstić information content (AvgIpc) is 2.94. The molecule has 1 aliphatic carbocycles. The van der Waals surface area contributed by atoms with Gasteiger partial charge in [0.05, 0.1) is 16.4 Å². The molecule has 3 rings (SSSR count). The lowest BCUT2D eigenvalue weighted by Gasteiger charge is -2.22. The lowest BCUT2D eigenvalue weighted by Crippen LogP contribution is -2.42. The van der Waals surface area contributed by atoms with E-state index in [0.717, 1.165) is 28.8 Å². The molecule has 0 radical (unpaired) electrons. The summed E-state index contributed by atoms with van der Waals surface area (Å²) in [5, 5.41) is 2.00. The Morgan fingerprint density at radius 3 is 2.88 bits per heavy atom. The minimum absolute atomic E-state index is 0.120. The molecule has 4 heteroatoms. The third-order valence-electron chi connectivity index (χ3n) is 3.44. The standard InChI is InChI=1S/C13H16N2OS/c14-13(7-3-4-8-13)9-16-12-10-5-1-2-6-11(10)15-17-12/h1-2,5-6H,3-4,7-9,14H2. The number of benzene rings is 1. The van der Waals surface area contributed by atoms with Crippen LogP contribution in [0.2, 0.25) is 0 Å². The molecule has 2 N–H and O–H groups in total. The van der Waals surface area contributed by atoms with Gasteiger partial charge in [-0.1, -0.05) is 25.0 Å². The lowest BCUT2D eigenvalue weighted by molar-refractivity contribution is 0.228. The maximum atomic E-state index is 6.28. The zero-order valence-corrected chi connectivity index (χ0v) is 10.5. The summed E-state index contributed by atoms with van der Waals surface area (Å²) in [6.45, 7) is 0.610. The first kappa shape index (κ1) is 11.0. The Bertz CT molecular complexity index is 517. The van der Waals surface area contributed by atoms with Crippen LogP contribution in [0.1, 0.15) is 25.7 Å². The fourth-order valence-electron chi connectivity index (χ4n) is 2.40. The van der Waals surface area contributed by atoms with E-state index in [0.29, 0.717) is 6.61 Å². The SMILES string of the molecule is NC1(COc2snc3ccccc23)CCCC1. The second-order valence-corrected chi connectivity index (χ2v) is 5.58. The molecule has 0 spiro atoms. The molecule has 0 amide bonds. The summed E-state index contributed by atoms with van der Waals surface area (Å²) in [6.07, 6.45) is 4.60. The van der Waals surface area contributed by atoms with E-state index in [1.807, 2.05) is 24.3 Å². The van der Waals surface area contributed by atoms with Crippen molar-refractivity contribution in [2.75, 3.05) is 6.61 Å². The van der Waals surface area contributed by atoms with E-state index < -0.39 is 0 Å². The van der Waals surface area contributed by atoms with Crippen LogP contribution in [0, 0.1) is 0 Å². The monoisotopic (exact) mass is 248 g/mol. The van der Waals surface area contributed by atoms with E-state index in [-0.39, 0.29) is 5.54 Å². The van der Waals surface area contributed by atoms with Crippen molar-refractivity contribution < 1.29 is 4.74 Å². The van der Waals surface area contributed by atoms with Gasteiger partial charge < -0.3 is 10.5 Å². The topological polar surface area (TPSA) is 48.1 Å². The highest BCUT2D eigenvalue weighted by Gasteiger charge is 2.30. The number of nitrogens with zero attached hydrogens (tertiary/aromatic N) is 1. The van der Waals surface area contributed by atoms with Crippen LogP contribution < -0.4 is 10.5 Å². The Balaban J connectivity index is 1.76. The first-order valence-corrected chi connectivity index (χ1v) is 6.80. The summed E-state index contributed by atoms with van der Waals surface area (Å²) in [5.41, 5.74) is 7.16. The molecule has 0 saturated heterocycles. The van der Waals surface area contributed by atoms with Gasteiger partial charge in [0, 0.05) is 11.5 Å². The van der Waals surface area contributed by atoms with Gasteiger partial charge in [-0.2, -0.15) is 4.37 Å². The van der Waals surface area contributed by atoms with Crippen LogP contribution in [0.15, 0.2) is 24.3 Å². The summed E-state index contributed by atoms with van der Waals surface area (Å²) >= 11 is 1.42. The molecule has 2 aromatic rings. The maximum Gasteiger partial charge on any atom is 0.201 e. The highest BCUT2D eigenvalue weighted by molar-refractivity contribution is 7.09. The number of fused-ring (bicyclic) bond motifs is 1. The maximum absolute atomic E-state index is 6.28. The quantitative estimate of drug-likeness (QED) is 0.908. The highest BCUT2D eigenvalue weighted by Crippen LogP contribution is 2.32. The number of ether oxygens (including phenoxy) is 1. The Labute approximate surface area is 105 Å². The molecule has 1 aliphatic rings. The zero-order valence-electron chi connectivity index (χ0n) is 9.69. The van der Waals surface area contributed by atoms with Crippen molar-refractivity contribution in [3.8, 4) is 5.06 Å². The van der Waals surface area contributed by atoms with Gasteiger partial charge in [0.2, 0.25) is 5.06 Å².